The summed E-state index contributed by atoms with van der Waals surface area (Å²) in [5.41, 5.74) is 3.83. The van der Waals surface area contributed by atoms with E-state index in [4.69, 9.17) is 9.72 Å². The molecule has 2 aliphatic heterocycles. The number of carbonyl (C=O) groups is 1. The molecule has 180 valence electrons. The number of nitrogens with one attached hydrogen (secondary N) is 1. The third kappa shape index (κ3) is 4.05. The van der Waals surface area contributed by atoms with Crippen molar-refractivity contribution in [2.24, 2.45) is 0 Å². The molecule has 0 aliphatic carbocycles. The van der Waals surface area contributed by atoms with E-state index in [0.717, 1.165) is 66.0 Å². The summed E-state index contributed by atoms with van der Waals surface area (Å²) in [4.78, 5) is 21.8. The highest BCUT2D eigenvalue weighted by Crippen LogP contribution is 2.34. The lowest BCUT2D eigenvalue weighted by atomic mass is 10.0. The topological polar surface area (TPSA) is 92.2 Å². The van der Waals surface area contributed by atoms with Crippen LogP contribution >= 0.6 is 0 Å². The molecule has 0 bridgehead atoms. The molecule has 0 unspecified atom stereocenters. The number of H-pyrrole nitrogens is 1. The van der Waals surface area contributed by atoms with Gasteiger partial charge in [0.05, 0.1) is 25.5 Å². The zero-order valence-electron chi connectivity index (χ0n) is 19.9. The minimum atomic E-state index is 0.213. The number of rotatable bonds is 4. The largest absolute Gasteiger partial charge is 0.377 e. The molecule has 6 rings (SSSR count). The van der Waals surface area contributed by atoms with Gasteiger partial charge in [-0.05, 0) is 49.1 Å². The minimum Gasteiger partial charge on any atom is -0.377 e. The first-order valence-electron chi connectivity index (χ1n) is 12.3. The van der Waals surface area contributed by atoms with E-state index in [0.29, 0.717) is 25.5 Å². The van der Waals surface area contributed by atoms with E-state index in [9.17, 15) is 4.79 Å². The van der Waals surface area contributed by atoms with E-state index in [1.807, 2.05) is 17.2 Å². The van der Waals surface area contributed by atoms with Gasteiger partial charge in [-0.2, -0.15) is 14.9 Å². The lowest BCUT2D eigenvalue weighted by Gasteiger charge is -2.34. The third-order valence-corrected chi connectivity index (χ3v) is 6.96. The van der Waals surface area contributed by atoms with Crippen molar-refractivity contribution >= 4 is 28.4 Å². The van der Waals surface area contributed by atoms with Crippen molar-refractivity contribution in [2.75, 3.05) is 36.1 Å². The van der Waals surface area contributed by atoms with Crippen LogP contribution in [0.15, 0.2) is 48.8 Å². The Morgan fingerprint density at radius 1 is 1.06 bits per heavy atom. The number of nitrogens with zero attached hydrogens (tertiary/aromatic N) is 6. The molecule has 0 saturated carbocycles. The van der Waals surface area contributed by atoms with Gasteiger partial charge in [0, 0.05) is 42.8 Å². The second-order valence-corrected chi connectivity index (χ2v) is 9.27. The first kappa shape index (κ1) is 21.8. The van der Waals surface area contributed by atoms with Gasteiger partial charge < -0.3 is 14.5 Å². The van der Waals surface area contributed by atoms with Crippen LogP contribution < -0.4 is 9.80 Å². The summed E-state index contributed by atoms with van der Waals surface area (Å²) in [6.07, 6.45) is 7.39. The number of pyridine rings is 1. The number of carbonyl (C=O) groups excluding carboxylic acids is 1. The molecule has 4 aromatic rings. The smallest absolute Gasteiger partial charge is 0.226 e. The Kier molecular flexibility index (Phi) is 5.69. The van der Waals surface area contributed by atoms with Crippen LogP contribution in [0, 0.1) is 0 Å². The van der Waals surface area contributed by atoms with E-state index in [2.05, 4.69) is 57.5 Å². The van der Waals surface area contributed by atoms with Gasteiger partial charge in [0.25, 0.3) is 0 Å². The second-order valence-electron chi connectivity index (χ2n) is 9.27. The van der Waals surface area contributed by atoms with Crippen molar-refractivity contribution < 1.29 is 9.53 Å². The summed E-state index contributed by atoms with van der Waals surface area (Å²) in [5, 5.41) is 12.7. The fraction of sp³-hybridized carbons (Fsp3) is 0.385. The monoisotopic (exact) mass is 471 g/mol. The Bertz CT molecular complexity index is 1330. The SMILES string of the molecule is C[C@@H]1COCCN1c1cc(-c2ccc(N3CCCCCC3=O)cc2)c2cnn(-c3cc[nH]n3)c2n1. The van der Waals surface area contributed by atoms with Crippen LogP contribution in [-0.4, -0.2) is 63.2 Å². The zero-order valence-corrected chi connectivity index (χ0v) is 19.9. The third-order valence-electron chi connectivity index (χ3n) is 6.96. The molecule has 1 atom stereocenters. The molecule has 9 nitrogen and oxygen atoms in total. The quantitative estimate of drug-likeness (QED) is 0.485. The van der Waals surface area contributed by atoms with Gasteiger partial charge in [0.1, 0.15) is 5.82 Å². The molecule has 35 heavy (non-hydrogen) atoms. The Morgan fingerprint density at radius 2 is 1.94 bits per heavy atom. The average molecular weight is 472 g/mol. The number of morpholine rings is 1. The van der Waals surface area contributed by atoms with Crippen molar-refractivity contribution in [3.63, 3.8) is 0 Å². The van der Waals surface area contributed by atoms with E-state index < -0.39 is 0 Å². The maximum atomic E-state index is 12.6. The first-order valence-corrected chi connectivity index (χ1v) is 12.3. The number of aromatic amines is 1. The number of hydrogen-bond donors (Lipinski definition) is 1. The molecule has 9 heteroatoms. The van der Waals surface area contributed by atoms with Crippen LogP contribution in [0.2, 0.25) is 0 Å². The van der Waals surface area contributed by atoms with Crippen LogP contribution in [0.5, 0.6) is 0 Å². The van der Waals surface area contributed by atoms with E-state index in [1.54, 1.807) is 10.9 Å². The van der Waals surface area contributed by atoms with Gasteiger partial charge in [0.15, 0.2) is 11.5 Å². The van der Waals surface area contributed by atoms with Crippen LogP contribution in [0.1, 0.15) is 32.6 Å². The number of fused-ring (bicyclic) bond motifs is 1. The Balaban J connectivity index is 1.44. The highest BCUT2D eigenvalue weighted by atomic mass is 16.5. The molecule has 1 amide bonds. The lowest BCUT2D eigenvalue weighted by molar-refractivity contribution is -0.118. The maximum Gasteiger partial charge on any atom is 0.226 e. The number of ether oxygens (including phenoxy) is 1. The van der Waals surface area contributed by atoms with E-state index >= 15 is 0 Å². The number of aromatic nitrogens is 5. The van der Waals surface area contributed by atoms with Crippen LogP contribution in [0.25, 0.3) is 28.0 Å². The molecular weight excluding hydrogens is 442 g/mol. The summed E-state index contributed by atoms with van der Waals surface area (Å²) >= 11 is 0. The predicted octanol–water partition coefficient (Wildman–Crippen LogP) is 3.94. The predicted molar refractivity (Wildman–Crippen MR) is 135 cm³/mol. The molecule has 2 aliphatic rings. The maximum absolute atomic E-state index is 12.6. The number of benzene rings is 1. The van der Waals surface area contributed by atoms with Crippen LogP contribution in [-0.2, 0) is 9.53 Å². The number of amides is 1. The molecule has 0 radical (unpaired) electrons. The van der Waals surface area contributed by atoms with Gasteiger partial charge in [-0.15, -0.1) is 0 Å². The van der Waals surface area contributed by atoms with Crippen molar-refractivity contribution in [2.45, 2.75) is 38.6 Å². The Labute approximate surface area is 203 Å². The molecule has 2 saturated heterocycles. The van der Waals surface area contributed by atoms with Crippen LogP contribution in [0.4, 0.5) is 11.5 Å². The number of anilines is 2. The Morgan fingerprint density at radius 3 is 2.74 bits per heavy atom. The Hall–Kier alpha value is -3.72. The van der Waals surface area contributed by atoms with Gasteiger partial charge in [-0.1, -0.05) is 18.6 Å². The molecule has 2 fully saturated rings. The number of hydrogen-bond acceptors (Lipinski definition) is 6. The van der Waals surface area contributed by atoms with Gasteiger partial charge >= 0.3 is 0 Å². The zero-order chi connectivity index (χ0) is 23.8. The van der Waals surface area contributed by atoms with Gasteiger partial charge in [0.2, 0.25) is 5.91 Å². The normalized spacial score (nSPS) is 19.3. The summed E-state index contributed by atoms with van der Waals surface area (Å²) < 4.78 is 7.43. The molecule has 1 aromatic carbocycles. The molecule has 1 N–H and O–H groups in total. The molecule has 3 aromatic heterocycles. The van der Waals surface area contributed by atoms with E-state index in [-0.39, 0.29) is 11.9 Å². The fourth-order valence-corrected chi connectivity index (χ4v) is 5.06. The van der Waals surface area contributed by atoms with Crippen molar-refractivity contribution in [3.8, 4) is 16.9 Å². The summed E-state index contributed by atoms with van der Waals surface area (Å²) in [7, 11) is 0. The molecular formula is C26H29N7O2. The summed E-state index contributed by atoms with van der Waals surface area (Å²) in [6.45, 7) is 5.07. The van der Waals surface area contributed by atoms with Crippen molar-refractivity contribution in [1.29, 1.82) is 0 Å². The lowest BCUT2D eigenvalue weighted by Crippen LogP contribution is -2.44. The van der Waals surface area contributed by atoms with E-state index in [1.165, 1.54) is 0 Å². The standard InChI is InChI=1S/C26H29N7O2/c1-18-17-35-14-13-31(18)24-15-21(22-16-28-33(26(22)29-24)23-10-11-27-30-23)19-6-8-20(9-7-19)32-12-4-2-3-5-25(32)34/h6-11,15-16,18H,2-5,12-14,17H2,1H3,(H,27,30)/t18-/m1/s1. The second kappa shape index (κ2) is 9.14. The van der Waals surface area contributed by atoms with Crippen molar-refractivity contribution in [1.82, 2.24) is 25.0 Å². The first-order chi connectivity index (χ1) is 17.2. The molecule has 0 spiro atoms. The fourth-order valence-electron chi connectivity index (χ4n) is 5.06. The van der Waals surface area contributed by atoms with Gasteiger partial charge in [-0.3, -0.25) is 9.89 Å². The highest BCUT2D eigenvalue weighted by molar-refractivity contribution is 5.97. The summed E-state index contributed by atoms with van der Waals surface area (Å²) in [5.74, 6) is 1.80. The summed E-state index contributed by atoms with van der Waals surface area (Å²) in [6, 6.07) is 12.6. The van der Waals surface area contributed by atoms with Gasteiger partial charge in [-0.25, -0.2) is 4.98 Å². The average Bonchev–Trinajstić information content (AvgIpc) is 3.51. The minimum absolute atomic E-state index is 0.213. The van der Waals surface area contributed by atoms with Crippen LogP contribution in [0.3, 0.4) is 0 Å². The molecule has 5 heterocycles. The van der Waals surface area contributed by atoms with Crippen molar-refractivity contribution in [3.05, 3.63) is 48.8 Å². The highest BCUT2D eigenvalue weighted by Gasteiger charge is 2.24.